The van der Waals surface area contributed by atoms with Crippen LogP contribution < -0.4 is 5.32 Å². The number of hydrogen-bond donors (Lipinski definition) is 1. The number of carbonyl (C=O) groups is 1. The second-order valence-corrected chi connectivity index (χ2v) is 4.84. The minimum absolute atomic E-state index is 0.0000680. The van der Waals surface area contributed by atoms with Gasteiger partial charge in [0, 0.05) is 6.04 Å². The highest BCUT2D eigenvalue weighted by Crippen LogP contribution is 2.24. The molecule has 1 N–H and O–H groups in total. The first-order valence-corrected chi connectivity index (χ1v) is 6.11. The van der Waals surface area contributed by atoms with Crippen LogP contribution in [0.4, 0.5) is 5.88 Å². The molecule has 1 aliphatic rings. The fourth-order valence-corrected chi connectivity index (χ4v) is 2.37. The lowest BCUT2D eigenvalue weighted by Crippen LogP contribution is -2.37. The second-order valence-electron chi connectivity index (χ2n) is 4.84. The Kier molecular flexibility index (Phi) is 3.64. The van der Waals surface area contributed by atoms with Gasteiger partial charge in [0.25, 0.3) is 5.91 Å². The van der Waals surface area contributed by atoms with Crippen LogP contribution in [0.1, 0.15) is 43.2 Å². The predicted molar refractivity (Wildman–Crippen MR) is 64.2 cm³/mol. The zero-order chi connectivity index (χ0) is 13.1. The SMILES string of the molecule is CC1CCCC(NC(=O)c2ccc([N+](=O)[O-])o2)C1. The topological polar surface area (TPSA) is 85.4 Å². The molecular weight excluding hydrogens is 236 g/mol. The standard InChI is InChI=1S/C12H16N2O4/c1-8-3-2-4-9(7-8)13-12(15)10-5-6-11(18-10)14(16)17/h5-6,8-9H,2-4,7H2,1H3,(H,13,15). The smallest absolute Gasteiger partial charge is 0.395 e. The van der Waals surface area contributed by atoms with Crippen LogP contribution in [0.2, 0.25) is 0 Å². The molecule has 0 spiro atoms. The lowest BCUT2D eigenvalue weighted by Gasteiger charge is -2.27. The van der Waals surface area contributed by atoms with Crippen LogP contribution in [0, 0.1) is 16.0 Å². The molecule has 2 unspecified atom stereocenters. The minimum Gasteiger partial charge on any atom is -0.395 e. The lowest BCUT2D eigenvalue weighted by molar-refractivity contribution is -0.402. The Balaban J connectivity index is 1.96. The largest absolute Gasteiger partial charge is 0.433 e. The van der Waals surface area contributed by atoms with Gasteiger partial charge in [-0.25, -0.2) is 0 Å². The van der Waals surface area contributed by atoms with E-state index in [1.165, 1.54) is 18.6 Å². The van der Waals surface area contributed by atoms with Crippen LogP contribution >= 0.6 is 0 Å². The molecule has 6 heteroatoms. The molecule has 2 atom stereocenters. The van der Waals surface area contributed by atoms with Crippen molar-refractivity contribution in [1.29, 1.82) is 0 Å². The van der Waals surface area contributed by atoms with Gasteiger partial charge in [0.2, 0.25) is 0 Å². The summed E-state index contributed by atoms with van der Waals surface area (Å²) in [6.45, 7) is 2.16. The van der Waals surface area contributed by atoms with Gasteiger partial charge >= 0.3 is 5.88 Å². The summed E-state index contributed by atoms with van der Waals surface area (Å²) in [4.78, 5) is 21.6. The summed E-state index contributed by atoms with van der Waals surface area (Å²) in [5.74, 6) is -0.172. The van der Waals surface area contributed by atoms with E-state index in [-0.39, 0.29) is 17.7 Å². The molecule has 0 radical (unpaired) electrons. The molecule has 18 heavy (non-hydrogen) atoms. The first-order chi connectivity index (χ1) is 8.56. The maximum absolute atomic E-state index is 11.8. The molecule has 6 nitrogen and oxygen atoms in total. The first-order valence-electron chi connectivity index (χ1n) is 6.11. The molecular formula is C12H16N2O4. The lowest BCUT2D eigenvalue weighted by atomic mass is 9.87. The molecule has 1 aromatic heterocycles. The molecule has 0 aromatic carbocycles. The zero-order valence-electron chi connectivity index (χ0n) is 10.2. The van der Waals surface area contributed by atoms with Gasteiger partial charge < -0.3 is 9.73 Å². The third kappa shape index (κ3) is 2.88. The van der Waals surface area contributed by atoms with E-state index < -0.39 is 10.8 Å². The summed E-state index contributed by atoms with van der Waals surface area (Å²) in [6.07, 6.45) is 4.20. The number of hydrogen-bond acceptors (Lipinski definition) is 4. The van der Waals surface area contributed by atoms with Crippen molar-refractivity contribution in [1.82, 2.24) is 5.32 Å². The average molecular weight is 252 g/mol. The van der Waals surface area contributed by atoms with Gasteiger partial charge in [-0.05, 0) is 24.8 Å². The van der Waals surface area contributed by atoms with Crippen LogP contribution in [0.3, 0.4) is 0 Å². The third-order valence-corrected chi connectivity index (χ3v) is 3.27. The molecule has 0 saturated heterocycles. The number of furan rings is 1. The molecule has 1 amide bonds. The van der Waals surface area contributed by atoms with E-state index in [0.29, 0.717) is 5.92 Å². The molecule has 1 aromatic rings. The van der Waals surface area contributed by atoms with E-state index in [9.17, 15) is 14.9 Å². The van der Waals surface area contributed by atoms with E-state index in [1.54, 1.807) is 0 Å². The second kappa shape index (κ2) is 5.20. The Bertz CT molecular complexity index is 455. The monoisotopic (exact) mass is 252 g/mol. The quantitative estimate of drug-likeness (QED) is 0.661. The molecule has 1 fully saturated rings. The van der Waals surface area contributed by atoms with Crippen LogP contribution in [0.15, 0.2) is 16.5 Å². The third-order valence-electron chi connectivity index (χ3n) is 3.27. The van der Waals surface area contributed by atoms with Gasteiger partial charge in [0.05, 0.1) is 6.07 Å². The summed E-state index contributed by atoms with van der Waals surface area (Å²) >= 11 is 0. The molecule has 0 aliphatic heterocycles. The van der Waals surface area contributed by atoms with E-state index in [1.807, 2.05) is 0 Å². The van der Waals surface area contributed by atoms with Crippen LogP contribution in [-0.4, -0.2) is 16.9 Å². The summed E-state index contributed by atoms with van der Waals surface area (Å²) in [5.41, 5.74) is 0. The van der Waals surface area contributed by atoms with Crippen molar-refractivity contribution in [2.24, 2.45) is 5.92 Å². The van der Waals surface area contributed by atoms with Gasteiger partial charge in [-0.1, -0.05) is 19.8 Å². The van der Waals surface area contributed by atoms with E-state index in [4.69, 9.17) is 4.42 Å². The molecule has 1 saturated carbocycles. The Labute approximate surface area is 105 Å². The van der Waals surface area contributed by atoms with Gasteiger partial charge in [0.15, 0.2) is 5.76 Å². The van der Waals surface area contributed by atoms with E-state index in [2.05, 4.69) is 12.2 Å². The summed E-state index contributed by atoms with van der Waals surface area (Å²) in [6, 6.07) is 2.67. The highest BCUT2D eigenvalue weighted by Gasteiger charge is 2.23. The summed E-state index contributed by atoms with van der Waals surface area (Å²) < 4.78 is 4.86. The molecule has 0 bridgehead atoms. The van der Waals surface area contributed by atoms with Crippen molar-refractivity contribution in [3.05, 3.63) is 28.0 Å². The van der Waals surface area contributed by atoms with Crippen molar-refractivity contribution in [3.8, 4) is 0 Å². The molecule has 98 valence electrons. The van der Waals surface area contributed by atoms with Gasteiger partial charge in [-0.15, -0.1) is 0 Å². The zero-order valence-corrected chi connectivity index (χ0v) is 10.2. The highest BCUT2D eigenvalue weighted by atomic mass is 16.6. The van der Waals surface area contributed by atoms with Crippen LogP contribution in [-0.2, 0) is 0 Å². The van der Waals surface area contributed by atoms with Crippen molar-refractivity contribution in [3.63, 3.8) is 0 Å². The van der Waals surface area contributed by atoms with Crippen molar-refractivity contribution in [2.75, 3.05) is 0 Å². The number of nitro groups is 1. The number of nitrogens with zero attached hydrogens (tertiary/aromatic N) is 1. The summed E-state index contributed by atoms with van der Waals surface area (Å²) in [7, 11) is 0. The van der Waals surface area contributed by atoms with E-state index in [0.717, 1.165) is 19.3 Å². The minimum atomic E-state index is -0.653. The molecule has 1 aliphatic carbocycles. The molecule has 1 heterocycles. The van der Waals surface area contributed by atoms with Crippen LogP contribution in [0.25, 0.3) is 0 Å². The highest BCUT2D eigenvalue weighted by molar-refractivity contribution is 5.91. The van der Waals surface area contributed by atoms with Crippen molar-refractivity contribution in [2.45, 2.75) is 38.6 Å². The van der Waals surface area contributed by atoms with Crippen molar-refractivity contribution < 1.29 is 14.1 Å². The molecule has 2 rings (SSSR count). The maximum Gasteiger partial charge on any atom is 0.433 e. The Morgan fingerprint density at radius 1 is 1.50 bits per heavy atom. The number of amides is 1. The van der Waals surface area contributed by atoms with Gasteiger partial charge in [0.1, 0.15) is 4.92 Å². The van der Waals surface area contributed by atoms with Crippen LogP contribution in [0.5, 0.6) is 0 Å². The summed E-state index contributed by atoms with van der Waals surface area (Å²) in [5, 5.41) is 13.3. The number of carbonyl (C=O) groups excluding carboxylic acids is 1. The van der Waals surface area contributed by atoms with Crippen molar-refractivity contribution >= 4 is 11.8 Å². The maximum atomic E-state index is 11.8. The number of rotatable bonds is 3. The fourth-order valence-electron chi connectivity index (χ4n) is 2.37. The predicted octanol–water partition coefficient (Wildman–Crippen LogP) is 2.50. The Hall–Kier alpha value is -1.85. The Morgan fingerprint density at radius 2 is 2.28 bits per heavy atom. The van der Waals surface area contributed by atoms with E-state index >= 15 is 0 Å². The number of nitrogens with one attached hydrogen (secondary N) is 1. The van der Waals surface area contributed by atoms with Gasteiger partial charge in [-0.3, -0.25) is 14.9 Å². The van der Waals surface area contributed by atoms with Gasteiger partial charge in [-0.2, -0.15) is 0 Å². The normalized spacial score (nSPS) is 23.6. The Morgan fingerprint density at radius 3 is 2.89 bits per heavy atom. The fraction of sp³-hybridized carbons (Fsp3) is 0.583. The average Bonchev–Trinajstić information content (AvgIpc) is 2.78. The first kappa shape index (κ1) is 12.6.